The van der Waals surface area contributed by atoms with Crippen molar-refractivity contribution in [2.45, 2.75) is 39.8 Å². The zero-order valence-corrected chi connectivity index (χ0v) is 10.4. The summed E-state index contributed by atoms with van der Waals surface area (Å²) >= 11 is 0. The van der Waals surface area contributed by atoms with Gasteiger partial charge in [0.15, 0.2) is 0 Å². The van der Waals surface area contributed by atoms with Crippen LogP contribution in [0.3, 0.4) is 0 Å². The van der Waals surface area contributed by atoms with Gasteiger partial charge < -0.3 is 4.57 Å². The zero-order valence-electron chi connectivity index (χ0n) is 10.4. The van der Waals surface area contributed by atoms with Gasteiger partial charge in [0.2, 0.25) is 0 Å². The quantitative estimate of drug-likeness (QED) is 0.780. The minimum atomic E-state index is 0.491. The molecule has 4 nitrogen and oxygen atoms in total. The van der Waals surface area contributed by atoms with E-state index < -0.39 is 0 Å². The predicted molar refractivity (Wildman–Crippen MR) is 65.2 cm³/mol. The summed E-state index contributed by atoms with van der Waals surface area (Å²) in [6.07, 6.45) is 9.33. The van der Waals surface area contributed by atoms with Gasteiger partial charge in [-0.05, 0) is 33.8 Å². The Morgan fingerprint density at radius 2 is 1.69 bits per heavy atom. The maximum absolute atomic E-state index is 4.03. The van der Waals surface area contributed by atoms with E-state index in [-0.39, 0.29) is 0 Å². The Hall–Kier alpha value is -1.58. The minimum Gasteiger partial charge on any atom is -0.335 e. The molecule has 2 aromatic rings. The molecule has 0 N–H and O–H groups in total. The molecule has 0 aliphatic carbocycles. The van der Waals surface area contributed by atoms with Crippen molar-refractivity contribution in [1.82, 2.24) is 19.3 Å². The molecule has 16 heavy (non-hydrogen) atoms. The van der Waals surface area contributed by atoms with Crippen molar-refractivity contribution in [2.75, 3.05) is 0 Å². The van der Waals surface area contributed by atoms with Crippen molar-refractivity contribution in [3.63, 3.8) is 0 Å². The Balaban J connectivity index is 0.000000160. The predicted octanol–water partition coefficient (Wildman–Crippen LogP) is 2.93. The van der Waals surface area contributed by atoms with E-state index in [9.17, 15) is 0 Å². The molecule has 2 rings (SSSR count). The smallest absolute Gasteiger partial charge is 0.0948 e. The summed E-state index contributed by atoms with van der Waals surface area (Å²) in [6.45, 7) is 8.46. The van der Waals surface area contributed by atoms with Crippen molar-refractivity contribution in [2.24, 2.45) is 0 Å². The van der Waals surface area contributed by atoms with Crippen LogP contribution in [-0.2, 0) is 0 Å². The molecule has 0 aliphatic rings. The first-order chi connectivity index (χ1) is 7.61. The average molecular weight is 220 g/mol. The van der Waals surface area contributed by atoms with Crippen LogP contribution in [0.5, 0.6) is 0 Å². The van der Waals surface area contributed by atoms with Gasteiger partial charge in [0.05, 0.1) is 6.33 Å². The van der Waals surface area contributed by atoms with Crippen LogP contribution in [-0.4, -0.2) is 19.3 Å². The number of rotatable bonds is 2. The van der Waals surface area contributed by atoms with E-state index in [1.807, 2.05) is 29.5 Å². The fourth-order valence-corrected chi connectivity index (χ4v) is 1.16. The highest BCUT2D eigenvalue weighted by atomic mass is 15.3. The van der Waals surface area contributed by atoms with E-state index in [0.29, 0.717) is 12.1 Å². The third-order valence-electron chi connectivity index (χ3n) is 2.18. The standard InChI is InChI=1S/2C6H10N2/c1-6(2)8-4-3-7-5-8;1-6(2)8-5-3-4-7-8/h2*3-6H,1-2H3. The molecule has 2 aromatic heterocycles. The highest BCUT2D eigenvalue weighted by Crippen LogP contribution is 1.99. The molecular weight excluding hydrogens is 200 g/mol. The lowest BCUT2D eigenvalue weighted by Gasteiger charge is -2.02. The summed E-state index contributed by atoms with van der Waals surface area (Å²) in [4.78, 5) is 3.91. The summed E-state index contributed by atoms with van der Waals surface area (Å²) in [6, 6.07) is 2.96. The lowest BCUT2D eigenvalue weighted by molar-refractivity contribution is 0.532. The van der Waals surface area contributed by atoms with Crippen LogP contribution < -0.4 is 0 Å². The Labute approximate surface area is 96.9 Å². The molecule has 4 heteroatoms. The Kier molecular flexibility index (Phi) is 4.76. The van der Waals surface area contributed by atoms with Gasteiger partial charge in [-0.2, -0.15) is 5.10 Å². The number of imidazole rings is 1. The Morgan fingerprint density at radius 1 is 0.938 bits per heavy atom. The van der Waals surface area contributed by atoms with Crippen molar-refractivity contribution in [3.05, 3.63) is 37.2 Å². The van der Waals surface area contributed by atoms with Crippen molar-refractivity contribution < 1.29 is 0 Å². The van der Waals surface area contributed by atoms with E-state index in [4.69, 9.17) is 0 Å². The van der Waals surface area contributed by atoms with Gasteiger partial charge in [-0.1, -0.05) is 0 Å². The third-order valence-corrected chi connectivity index (χ3v) is 2.18. The lowest BCUT2D eigenvalue weighted by atomic mass is 10.4. The minimum absolute atomic E-state index is 0.491. The highest BCUT2D eigenvalue weighted by molar-refractivity contribution is 4.79. The first-order valence-electron chi connectivity index (χ1n) is 5.57. The molecular formula is C12H20N4. The second-order valence-electron chi connectivity index (χ2n) is 4.18. The van der Waals surface area contributed by atoms with E-state index in [0.717, 1.165) is 0 Å². The first kappa shape index (κ1) is 12.5. The molecule has 0 saturated carbocycles. The summed E-state index contributed by atoms with van der Waals surface area (Å²) < 4.78 is 3.97. The van der Waals surface area contributed by atoms with E-state index in [2.05, 4.69) is 42.3 Å². The monoisotopic (exact) mass is 220 g/mol. The Bertz CT molecular complexity index is 321. The van der Waals surface area contributed by atoms with Crippen LogP contribution in [0.4, 0.5) is 0 Å². The highest BCUT2D eigenvalue weighted by Gasteiger charge is 1.92. The first-order valence-corrected chi connectivity index (χ1v) is 5.57. The fourth-order valence-electron chi connectivity index (χ4n) is 1.16. The average Bonchev–Trinajstić information content (AvgIpc) is 2.93. The molecule has 0 fully saturated rings. The maximum Gasteiger partial charge on any atom is 0.0948 e. The fraction of sp³-hybridized carbons (Fsp3) is 0.500. The Morgan fingerprint density at radius 3 is 1.94 bits per heavy atom. The lowest BCUT2D eigenvalue weighted by Crippen LogP contribution is -1.99. The van der Waals surface area contributed by atoms with Crippen molar-refractivity contribution >= 4 is 0 Å². The summed E-state index contributed by atoms with van der Waals surface area (Å²) in [5.41, 5.74) is 0. The van der Waals surface area contributed by atoms with E-state index in [1.54, 1.807) is 12.4 Å². The molecule has 88 valence electrons. The number of nitrogens with zero attached hydrogens (tertiary/aromatic N) is 4. The molecule has 0 spiro atoms. The van der Waals surface area contributed by atoms with Gasteiger partial charge in [-0.15, -0.1) is 0 Å². The maximum atomic E-state index is 4.03. The van der Waals surface area contributed by atoms with Crippen LogP contribution in [0.15, 0.2) is 37.2 Å². The van der Waals surface area contributed by atoms with Gasteiger partial charge in [0.1, 0.15) is 0 Å². The number of hydrogen-bond acceptors (Lipinski definition) is 2. The van der Waals surface area contributed by atoms with Gasteiger partial charge in [0, 0.05) is 36.9 Å². The number of aromatic nitrogens is 4. The van der Waals surface area contributed by atoms with Crippen LogP contribution in [0.2, 0.25) is 0 Å². The van der Waals surface area contributed by atoms with E-state index in [1.165, 1.54) is 0 Å². The number of hydrogen-bond donors (Lipinski definition) is 0. The van der Waals surface area contributed by atoms with Crippen LogP contribution in [0.25, 0.3) is 0 Å². The van der Waals surface area contributed by atoms with Crippen LogP contribution in [0.1, 0.15) is 39.8 Å². The summed E-state index contributed by atoms with van der Waals surface area (Å²) in [7, 11) is 0. The topological polar surface area (TPSA) is 35.6 Å². The van der Waals surface area contributed by atoms with Gasteiger partial charge in [0.25, 0.3) is 0 Å². The summed E-state index contributed by atoms with van der Waals surface area (Å²) in [5.74, 6) is 0. The molecule has 0 radical (unpaired) electrons. The van der Waals surface area contributed by atoms with Crippen LogP contribution >= 0.6 is 0 Å². The molecule has 0 bridgehead atoms. The molecule has 0 amide bonds. The molecule has 0 unspecified atom stereocenters. The van der Waals surface area contributed by atoms with Crippen molar-refractivity contribution in [3.8, 4) is 0 Å². The largest absolute Gasteiger partial charge is 0.335 e. The molecule has 0 aromatic carbocycles. The normalized spacial score (nSPS) is 10.4. The zero-order chi connectivity index (χ0) is 12.0. The second kappa shape index (κ2) is 6.10. The molecule has 0 aliphatic heterocycles. The summed E-state index contributed by atoms with van der Waals surface area (Å²) in [5, 5.41) is 4.03. The third kappa shape index (κ3) is 3.88. The molecule has 0 atom stereocenters. The second-order valence-corrected chi connectivity index (χ2v) is 4.18. The van der Waals surface area contributed by atoms with Gasteiger partial charge in [-0.25, -0.2) is 4.98 Å². The van der Waals surface area contributed by atoms with Crippen molar-refractivity contribution in [1.29, 1.82) is 0 Å². The molecule has 0 saturated heterocycles. The van der Waals surface area contributed by atoms with Crippen LogP contribution in [0, 0.1) is 0 Å². The van der Waals surface area contributed by atoms with E-state index >= 15 is 0 Å². The van der Waals surface area contributed by atoms with Gasteiger partial charge in [-0.3, -0.25) is 4.68 Å². The molecule has 2 heterocycles. The van der Waals surface area contributed by atoms with Gasteiger partial charge >= 0.3 is 0 Å². The SMILES string of the molecule is CC(C)n1cccn1.CC(C)n1ccnc1.